The molecule has 1 aromatic carbocycles. The minimum absolute atomic E-state index is 0.297. The summed E-state index contributed by atoms with van der Waals surface area (Å²) in [5, 5.41) is 21.2. The molecule has 1 amide bonds. The second kappa shape index (κ2) is 6.13. The van der Waals surface area contributed by atoms with Gasteiger partial charge in [-0.3, -0.25) is 4.79 Å². The van der Waals surface area contributed by atoms with E-state index in [2.05, 4.69) is 0 Å². The van der Waals surface area contributed by atoms with Crippen molar-refractivity contribution in [1.29, 1.82) is 0 Å². The predicted molar refractivity (Wildman–Crippen MR) is 82.5 cm³/mol. The van der Waals surface area contributed by atoms with Crippen molar-refractivity contribution in [2.45, 2.75) is 44.4 Å². The van der Waals surface area contributed by atoms with Crippen molar-refractivity contribution in [3.05, 3.63) is 33.8 Å². The van der Waals surface area contributed by atoms with E-state index in [1.807, 2.05) is 0 Å². The minimum atomic E-state index is -1.33. The van der Waals surface area contributed by atoms with E-state index in [0.29, 0.717) is 22.2 Å². The van der Waals surface area contributed by atoms with Crippen molar-refractivity contribution < 1.29 is 15.0 Å². The number of hydrogen-bond acceptors (Lipinski definition) is 3. The Hall–Kier alpha value is -0.810. The molecule has 1 aromatic rings. The normalized spacial score (nSPS) is 20.7. The molecule has 2 atom stereocenters. The van der Waals surface area contributed by atoms with E-state index >= 15 is 0 Å². The van der Waals surface area contributed by atoms with Crippen LogP contribution in [0.3, 0.4) is 0 Å². The van der Waals surface area contributed by atoms with Gasteiger partial charge in [0.15, 0.2) is 6.10 Å². The van der Waals surface area contributed by atoms with Crippen LogP contribution in [0.25, 0.3) is 0 Å². The third kappa shape index (κ3) is 3.69. The Kier molecular flexibility index (Phi) is 4.83. The van der Waals surface area contributed by atoms with Crippen LogP contribution in [0, 0.1) is 0 Å². The summed E-state index contributed by atoms with van der Waals surface area (Å²) in [6.07, 6.45) is 0.200. The smallest absolute Gasteiger partial charge is 0.256 e. The zero-order chi connectivity index (χ0) is 15.8. The second-order valence-corrected chi connectivity index (χ2v) is 6.82. The molecule has 4 nitrogen and oxygen atoms in total. The van der Waals surface area contributed by atoms with Crippen molar-refractivity contribution in [1.82, 2.24) is 4.90 Å². The third-order valence-electron chi connectivity index (χ3n) is 3.79. The number of halogens is 2. The number of carbonyl (C=O) groups is 1. The molecule has 1 aliphatic heterocycles. The summed E-state index contributed by atoms with van der Waals surface area (Å²) in [6, 6.07) is 4.28. The quantitative estimate of drug-likeness (QED) is 0.895. The summed E-state index contributed by atoms with van der Waals surface area (Å²) in [5.41, 5.74) is -0.642. The van der Waals surface area contributed by atoms with Crippen molar-refractivity contribution in [3.8, 4) is 0 Å². The number of rotatable bonds is 3. The molecule has 116 valence electrons. The van der Waals surface area contributed by atoms with Crippen molar-refractivity contribution in [2.75, 3.05) is 6.54 Å². The molecule has 2 rings (SSSR count). The van der Waals surface area contributed by atoms with Crippen LogP contribution < -0.4 is 0 Å². The standard InChI is InChI=1S/C15H19Cl2NO3/c1-15(2,21)12-4-3-5-18(12)14(20)13(19)9-6-10(16)8-11(17)7-9/h6-8,12-13,19,21H,3-5H2,1-2H3. The number of likely N-dealkylation sites (tertiary alicyclic amines) is 1. The fourth-order valence-corrected chi connectivity index (χ4v) is 3.34. The maximum atomic E-state index is 12.5. The van der Waals surface area contributed by atoms with Gasteiger partial charge in [-0.25, -0.2) is 0 Å². The van der Waals surface area contributed by atoms with E-state index in [4.69, 9.17) is 23.2 Å². The lowest BCUT2D eigenvalue weighted by atomic mass is 9.96. The van der Waals surface area contributed by atoms with Crippen LogP contribution in [-0.4, -0.2) is 39.2 Å². The number of benzene rings is 1. The summed E-state index contributed by atoms with van der Waals surface area (Å²) < 4.78 is 0. The van der Waals surface area contributed by atoms with E-state index in [-0.39, 0.29) is 6.04 Å². The molecule has 0 spiro atoms. The third-order valence-corrected chi connectivity index (χ3v) is 4.22. The van der Waals surface area contributed by atoms with Gasteiger partial charge in [-0.15, -0.1) is 0 Å². The lowest BCUT2D eigenvalue weighted by molar-refractivity contribution is -0.146. The molecule has 21 heavy (non-hydrogen) atoms. The largest absolute Gasteiger partial charge is 0.388 e. The Labute approximate surface area is 134 Å². The zero-order valence-electron chi connectivity index (χ0n) is 12.0. The van der Waals surface area contributed by atoms with Gasteiger partial charge in [0.1, 0.15) is 0 Å². The Bertz CT molecular complexity index is 522. The summed E-state index contributed by atoms with van der Waals surface area (Å²) in [4.78, 5) is 14.0. The Morgan fingerprint density at radius 3 is 2.43 bits per heavy atom. The fourth-order valence-electron chi connectivity index (χ4n) is 2.80. The van der Waals surface area contributed by atoms with Crippen LogP contribution in [0.15, 0.2) is 18.2 Å². The predicted octanol–water partition coefficient (Wildman–Crippen LogP) is 2.79. The van der Waals surface area contributed by atoms with Gasteiger partial charge in [0.05, 0.1) is 11.6 Å². The van der Waals surface area contributed by atoms with Crippen LogP contribution in [0.1, 0.15) is 38.4 Å². The number of amides is 1. The van der Waals surface area contributed by atoms with E-state index in [9.17, 15) is 15.0 Å². The highest BCUT2D eigenvalue weighted by Crippen LogP contribution is 2.31. The number of hydrogen-bond donors (Lipinski definition) is 2. The summed E-state index contributed by atoms with van der Waals surface area (Å²) in [6.45, 7) is 3.87. The molecule has 6 heteroatoms. The number of aliphatic hydroxyl groups excluding tert-OH is 1. The second-order valence-electron chi connectivity index (χ2n) is 5.95. The molecule has 0 saturated carbocycles. The van der Waals surface area contributed by atoms with Gasteiger partial charge in [0, 0.05) is 16.6 Å². The molecular formula is C15H19Cl2NO3. The minimum Gasteiger partial charge on any atom is -0.388 e. The van der Waals surface area contributed by atoms with Crippen LogP contribution in [0.2, 0.25) is 10.0 Å². The molecule has 2 unspecified atom stereocenters. The Morgan fingerprint density at radius 1 is 1.33 bits per heavy atom. The Balaban J connectivity index is 2.22. The lowest BCUT2D eigenvalue weighted by Crippen LogP contribution is -2.49. The number of nitrogens with zero attached hydrogens (tertiary/aromatic N) is 1. The van der Waals surface area contributed by atoms with Gasteiger partial charge >= 0.3 is 0 Å². The van der Waals surface area contributed by atoms with Crippen molar-refractivity contribution >= 4 is 29.1 Å². The first-order chi connectivity index (χ1) is 9.70. The maximum absolute atomic E-state index is 12.5. The first-order valence-corrected chi connectivity index (χ1v) is 7.62. The average Bonchev–Trinajstić information content (AvgIpc) is 2.84. The molecule has 1 saturated heterocycles. The summed E-state index contributed by atoms with van der Waals surface area (Å²) >= 11 is 11.8. The van der Waals surface area contributed by atoms with Gasteiger partial charge in [0.25, 0.3) is 5.91 Å². The zero-order valence-corrected chi connectivity index (χ0v) is 13.5. The SMILES string of the molecule is CC(C)(O)C1CCCN1C(=O)C(O)c1cc(Cl)cc(Cl)c1. The molecule has 0 aliphatic carbocycles. The van der Waals surface area contributed by atoms with Gasteiger partial charge in [-0.1, -0.05) is 23.2 Å². The van der Waals surface area contributed by atoms with Gasteiger partial charge in [0.2, 0.25) is 0 Å². The maximum Gasteiger partial charge on any atom is 0.256 e. The average molecular weight is 332 g/mol. The van der Waals surface area contributed by atoms with Gasteiger partial charge < -0.3 is 15.1 Å². The molecule has 1 heterocycles. The monoisotopic (exact) mass is 331 g/mol. The highest BCUT2D eigenvalue weighted by atomic mass is 35.5. The molecular weight excluding hydrogens is 313 g/mol. The molecule has 1 aliphatic rings. The van der Waals surface area contributed by atoms with E-state index < -0.39 is 17.6 Å². The number of aliphatic hydroxyl groups is 2. The highest BCUT2D eigenvalue weighted by molar-refractivity contribution is 6.34. The molecule has 2 N–H and O–H groups in total. The van der Waals surface area contributed by atoms with Gasteiger partial charge in [-0.05, 0) is 50.5 Å². The Morgan fingerprint density at radius 2 is 1.90 bits per heavy atom. The van der Waals surface area contributed by atoms with Crippen LogP contribution in [0.4, 0.5) is 0 Å². The highest BCUT2D eigenvalue weighted by Gasteiger charge is 2.40. The first kappa shape index (κ1) is 16.6. The van der Waals surface area contributed by atoms with Crippen LogP contribution in [0.5, 0.6) is 0 Å². The molecule has 0 radical (unpaired) electrons. The molecule has 0 bridgehead atoms. The molecule has 1 fully saturated rings. The first-order valence-electron chi connectivity index (χ1n) is 6.87. The summed E-state index contributed by atoms with van der Waals surface area (Å²) in [7, 11) is 0. The van der Waals surface area contributed by atoms with E-state index in [0.717, 1.165) is 12.8 Å². The van der Waals surface area contributed by atoms with Crippen LogP contribution in [-0.2, 0) is 4.79 Å². The fraction of sp³-hybridized carbons (Fsp3) is 0.533. The van der Waals surface area contributed by atoms with Crippen molar-refractivity contribution in [2.24, 2.45) is 0 Å². The number of carbonyl (C=O) groups excluding carboxylic acids is 1. The summed E-state index contributed by atoms with van der Waals surface area (Å²) in [5.74, 6) is -0.432. The van der Waals surface area contributed by atoms with E-state index in [1.165, 1.54) is 12.1 Å². The molecule has 0 aromatic heterocycles. The lowest BCUT2D eigenvalue weighted by Gasteiger charge is -2.35. The van der Waals surface area contributed by atoms with Crippen molar-refractivity contribution in [3.63, 3.8) is 0 Å². The van der Waals surface area contributed by atoms with Crippen LogP contribution >= 0.6 is 23.2 Å². The van der Waals surface area contributed by atoms with E-state index in [1.54, 1.807) is 24.8 Å². The topological polar surface area (TPSA) is 60.8 Å². The van der Waals surface area contributed by atoms with Gasteiger partial charge in [-0.2, -0.15) is 0 Å².